The van der Waals surface area contributed by atoms with Crippen molar-refractivity contribution < 1.29 is 5.11 Å². The molecule has 1 heterocycles. The molecule has 1 saturated carbocycles. The summed E-state index contributed by atoms with van der Waals surface area (Å²) in [5.41, 5.74) is 0.938. The van der Waals surface area contributed by atoms with Gasteiger partial charge in [0.15, 0.2) is 0 Å². The van der Waals surface area contributed by atoms with E-state index in [0.717, 1.165) is 32.5 Å². The summed E-state index contributed by atoms with van der Waals surface area (Å²) in [6, 6.07) is 10.7. The lowest BCUT2D eigenvalue weighted by Gasteiger charge is -2.45. The molecule has 1 unspecified atom stereocenters. The van der Waals surface area contributed by atoms with Crippen LogP contribution in [0.15, 0.2) is 30.3 Å². The Bertz CT molecular complexity index is 413. The van der Waals surface area contributed by atoms with E-state index >= 15 is 0 Å². The number of likely N-dealkylation sites (tertiary alicyclic amines) is 1. The minimum absolute atomic E-state index is 0.423. The van der Waals surface area contributed by atoms with Crippen LogP contribution in [0.4, 0.5) is 0 Å². The van der Waals surface area contributed by atoms with E-state index in [0.29, 0.717) is 5.92 Å². The maximum Gasteiger partial charge on any atom is 0.0802 e. The number of rotatable bonds is 3. The normalized spacial score (nSPS) is 29.4. The van der Waals surface area contributed by atoms with Crippen molar-refractivity contribution in [3.63, 3.8) is 0 Å². The van der Waals surface area contributed by atoms with Crippen LogP contribution >= 0.6 is 0 Å². The zero-order chi connectivity index (χ0) is 13.8. The van der Waals surface area contributed by atoms with Gasteiger partial charge in [-0.2, -0.15) is 0 Å². The monoisotopic (exact) mass is 273 g/mol. The van der Waals surface area contributed by atoms with Crippen molar-refractivity contribution in [2.75, 3.05) is 13.1 Å². The van der Waals surface area contributed by atoms with Crippen molar-refractivity contribution in [2.24, 2.45) is 5.92 Å². The third-order valence-corrected chi connectivity index (χ3v) is 5.20. The van der Waals surface area contributed by atoms with Crippen LogP contribution in [-0.2, 0) is 6.54 Å². The summed E-state index contributed by atoms with van der Waals surface area (Å²) in [4.78, 5) is 2.45. The van der Waals surface area contributed by atoms with Gasteiger partial charge in [0.2, 0.25) is 0 Å². The first-order valence-corrected chi connectivity index (χ1v) is 8.25. The third-order valence-electron chi connectivity index (χ3n) is 5.20. The fraction of sp³-hybridized carbons (Fsp3) is 0.667. The van der Waals surface area contributed by atoms with Crippen molar-refractivity contribution >= 4 is 0 Å². The SMILES string of the molecule is OC1(C2CCCCC2)CCCN(Cc2ccccc2)C1. The summed E-state index contributed by atoms with van der Waals surface area (Å²) in [6.45, 7) is 2.98. The molecular weight excluding hydrogens is 246 g/mol. The zero-order valence-electron chi connectivity index (χ0n) is 12.4. The first-order chi connectivity index (χ1) is 9.76. The van der Waals surface area contributed by atoms with Gasteiger partial charge in [-0.3, -0.25) is 4.90 Å². The molecule has 3 rings (SSSR count). The molecule has 1 N–H and O–H groups in total. The largest absolute Gasteiger partial charge is 0.388 e. The molecule has 110 valence electrons. The van der Waals surface area contributed by atoms with Gasteiger partial charge in [0.05, 0.1) is 5.60 Å². The summed E-state index contributed by atoms with van der Waals surface area (Å²) in [5, 5.41) is 11.1. The Hall–Kier alpha value is -0.860. The first-order valence-electron chi connectivity index (χ1n) is 8.25. The molecule has 2 heteroatoms. The van der Waals surface area contributed by atoms with Crippen LogP contribution < -0.4 is 0 Å². The van der Waals surface area contributed by atoms with Crippen LogP contribution in [0.1, 0.15) is 50.5 Å². The number of nitrogens with zero attached hydrogens (tertiary/aromatic N) is 1. The maximum absolute atomic E-state index is 11.1. The van der Waals surface area contributed by atoms with Crippen LogP contribution in [0.25, 0.3) is 0 Å². The van der Waals surface area contributed by atoms with E-state index in [-0.39, 0.29) is 0 Å². The fourth-order valence-corrected chi connectivity index (χ4v) is 4.10. The Balaban J connectivity index is 1.63. The second-order valence-corrected chi connectivity index (χ2v) is 6.74. The number of β-amino-alcohol motifs (C(OH)–C–C–N with tert-alkyl or cyclic N) is 1. The third kappa shape index (κ3) is 3.24. The van der Waals surface area contributed by atoms with Gasteiger partial charge in [-0.15, -0.1) is 0 Å². The molecule has 1 aliphatic heterocycles. The van der Waals surface area contributed by atoms with E-state index in [1.54, 1.807) is 0 Å². The summed E-state index contributed by atoms with van der Waals surface area (Å²) in [6.07, 6.45) is 8.59. The van der Waals surface area contributed by atoms with Gasteiger partial charge >= 0.3 is 0 Å². The van der Waals surface area contributed by atoms with E-state index in [1.807, 2.05) is 0 Å². The number of benzene rings is 1. The Labute approximate surface area is 122 Å². The summed E-state index contributed by atoms with van der Waals surface area (Å²) < 4.78 is 0. The summed E-state index contributed by atoms with van der Waals surface area (Å²) >= 11 is 0. The van der Waals surface area contributed by atoms with E-state index in [2.05, 4.69) is 35.2 Å². The highest BCUT2D eigenvalue weighted by atomic mass is 16.3. The lowest BCUT2D eigenvalue weighted by Crippen LogP contribution is -2.52. The molecule has 1 saturated heterocycles. The minimum atomic E-state index is -0.423. The van der Waals surface area contributed by atoms with Crippen molar-refractivity contribution in [3.05, 3.63) is 35.9 Å². The molecule has 1 aromatic rings. The Morgan fingerprint density at radius 3 is 2.55 bits per heavy atom. The van der Waals surface area contributed by atoms with E-state index in [4.69, 9.17) is 0 Å². The molecule has 0 aromatic heterocycles. The lowest BCUT2D eigenvalue weighted by molar-refractivity contribution is -0.0862. The van der Waals surface area contributed by atoms with Gasteiger partial charge < -0.3 is 5.11 Å². The lowest BCUT2D eigenvalue weighted by atomic mass is 9.73. The molecule has 0 amide bonds. The number of hydrogen-bond donors (Lipinski definition) is 1. The predicted octanol–water partition coefficient (Wildman–Crippen LogP) is 3.59. The second kappa shape index (κ2) is 6.28. The molecule has 20 heavy (non-hydrogen) atoms. The number of aliphatic hydroxyl groups is 1. The molecule has 1 aliphatic carbocycles. The quantitative estimate of drug-likeness (QED) is 0.909. The average molecular weight is 273 g/mol. The van der Waals surface area contributed by atoms with Crippen LogP contribution in [0.5, 0.6) is 0 Å². The van der Waals surface area contributed by atoms with E-state index in [1.165, 1.54) is 37.7 Å². The minimum Gasteiger partial charge on any atom is -0.388 e. The van der Waals surface area contributed by atoms with Crippen molar-refractivity contribution in [1.82, 2.24) is 4.90 Å². The smallest absolute Gasteiger partial charge is 0.0802 e. The number of hydrogen-bond acceptors (Lipinski definition) is 2. The predicted molar refractivity (Wildman–Crippen MR) is 82.5 cm³/mol. The average Bonchev–Trinajstić information content (AvgIpc) is 2.49. The molecule has 0 bridgehead atoms. The Morgan fingerprint density at radius 1 is 1.05 bits per heavy atom. The van der Waals surface area contributed by atoms with Crippen molar-refractivity contribution in [2.45, 2.75) is 57.1 Å². The highest BCUT2D eigenvalue weighted by Crippen LogP contribution is 2.38. The van der Waals surface area contributed by atoms with Gasteiger partial charge in [0, 0.05) is 13.1 Å². The van der Waals surface area contributed by atoms with Crippen LogP contribution in [0, 0.1) is 5.92 Å². The Kier molecular flexibility index (Phi) is 4.42. The molecule has 2 aliphatic rings. The molecule has 1 aromatic carbocycles. The van der Waals surface area contributed by atoms with Gasteiger partial charge in [-0.1, -0.05) is 49.6 Å². The molecule has 1 atom stereocenters. The van der Waals surface area contributed by atoms with E-state index < -0.39 is 5.60 Å². The molecule has 2 fully saturated rings. The van der Waals surface area contributed by atoms with Crippen molar-refractivity contribution in [1.29, 1.82) is 0 Å². The standard InChI is InChI=1S/C18H27NO/c20-18(17-10-5-2-6-11-17)12-7-13-19(15-18)14-16-8-3-1-4-9-16/h1,3-4,8-9,17,20H,2,5-7,10-15H2. The van der Waals surface area contributed by atoms with Crippen molar-refractivity contribution in [3.8, 4) is 0 Å². The molecular formula is C18H27NO. The topological polar surface area (TPSA) is 23.5 Å². The van der Waals surface area contributed by atoms with Gasteiger partial charge in [0.1, 0.15) is 0 Å². The summed E-state index contributed by atoms with van der Waals surface area (Å²) in [7, 11) is 0. The van der Waals surface area contributed by atoms with Gasteiger partial charge in [-0.05, 0) is 43.7 Å². The molecule has 0 spiro atoms. The molecule has 0 radical (unpaired) electrons. The first kappa shape index (κ1) is 14.1. The fourth-order valence-electron chi connectivity index (χ4n) is 4.10. The number of piperidine rings is 1. The highest BCUT2D eigenvalue weighted by Gasteiger charge is 2.40. The van der Waals surface area contributed by atoms with Crippen LogP contribution in [0.2, 0.25) is 0 Å². The highest BCUT2D eigenvalue weighted by molar-refractivity contribution is 5.14. The zero-order valence-corrected chi connectivity index (χ0v) is 12.4. The maximum atomic E-state index is 11.1. The molecule has 2 nitrogen and oxygen atoms in total. The van der Waals surface area contributed by atoms with Crippen LogP contribution in [-0.4, -0.2) is 28.7 Å². The Morgan fingerprint density at radius 2 is 1.80 bits per heavy atom. The second-order valence-electron chi connectivity index (χ2n) is 6.74. The summed E-state index contributed by atoms with van der Waals surface area (Å²) in [5.74, 6) is 0.537. The van der Waals surface area contributed by atoms with Crippen LogP contribution in [0.3, 0.4) is 0 Å². The van der Waals surface area contributed by atoms with Gasteiger partial charge in [0.25, 0.3) is 0 Å². The van der Waals surface area contributed by atoms with E-state index in [9.17, 15) is 5.11 Å². The van der Waals surface area contributed by atoms with Gasteiger partial charge in [-0.25, -0.2) is 0 Å².